The first kappa shape index (κ1) is 14.7. The fourth-order valence-corrected chi connectivity index (χ4v) is 2.57. The third-order valence-electron chi connectivity index (χ3n) is 3.56. The molecule has 0 radical (unpaired) electrons. The van der Waals surface area contributed by atoms with Crippen LogP contribution in [0.25, 0.3) is 0 Å². The first-order chi connectivity index (χ1) is 7.81. The van der Waals surface area contributed by atoms with Crippen LogP contribution in [0.4, 0.5) is 0 Å². The lowest BCUT2D eigenvalue weighted by Crippen LogP contribution is -2.49. The van der Waals surface area contributed by atoms with Crippen LogP contribution in [0.5, 0.6) is 0 Å². The van der Waals surface area contributed by atoms with Gasteiger partial charge in [-0.1, -0.05) is 6.92 Å². The molecule has 3 unspecified atom stereocenters. The summed E-state index contributed by atoms with van der Waals surface area (Å²) in [6.07, 6.45) is 5.46. The van der Waals surface area contributed by atoms with Gasteiger partial charge >= 0.3 is 0 Å². The Labute approximate surface area is 109 Å². The number of hydrogen-bond donors (Lipinski definition) is 2. The first-order valence-electron chi connectivity index (χ1n) is 6.46. The van der Waals surface area contributed by atoms with Crippen LogP contribution in [0.2, 0.25) is 0 Å². The van der Waals surface area contributed by atoms with E-state index in [-0.39, 0.29) is 36.5 Å². The summed E-state index contributed by atoms with van der Waals surface area (Å²) in [4.78, 5) is 11.9. The summed E-state index contributed by atoms with van der Waals surface area (Å²) in [5.41, 5.74) is 0. The number of hydrogen-bond acceptors (Lipinski definition) is 3. The number of rotatable bonds is 4. The van der Waals surface area contributed by atoms with Gasteiger partial charge in [0, 0.05) is 6.61 Å². The van der Waals surface area contributed by atoms with Crippen LogP contribution in [-0.4, -0.2) is 37.2 Å². The summed E-state index contributed by atoms with van der Waals surface area (Å²) in [6, 6.07) is 0.216. The van der Waals surface area contributed by atoms with Gasteiger partial charge in [-0.2, -0.15) is 0 Å². The van der Waals surface area contributed by atoms with E-state index < -0.39 is 0 Å². The molecule has 100 valence electrons. The second-order valence-electron chi connectivity index (χ2n) is 4.72. The van der Waals surface area contributed by atoms with E-state index in [4.69, 9.17) is 4.74 Å². The molecule has 2 rings (SSSR count). The lowest BCUT2D eigenvalue weighted by Gasteiger charge is -2.24. The van der Waals surface area contributed by atoms with Crippen molar-refractivity contribution < 1.29 is 9.53 Å². The maximum absolute atomic E-state index is 11.9. The zero-order chi connectivity index (χ0) is 11.4. The summed E-state index contributed by atoms with van der Waals surface area (Å²) in [6.45, 7) is 3.92. The Morgan fingerprint density at radius 2 is 2.29 bits per heavy atom. The van der Waals surface area contributed by atoms with Crippen molar-refractivity contribution in [3.63, 3.8) is 0 Å². The molecule has 5 heteroatoms. The highest BCUT2D eigenvalue weighted by molar-refractivity contribution is 5.85. The highest BCUT2D eigenvalue weighted by Gasteiger charge is 2.29. The van der Waals surface area contributed by atoms with E-state index in [9.17, 15) is 4.79 Å². The fraction of sp³-hybridized carbons (Fsp3) is 0.917. The standard InChI is InChI=1S/C12H22N2O2.ClH/c1-2-9(11-6-4-8-16-11)14-12(15)10-5-3-7-13-10;/h9-11,13H,2-8H2,1H3,(H,14,15);1H. The van der Waals surface area contributed by atoms with Crippen molar-refractivity contribution in [1.29, 1.82) is 0 Å². The summed E-state index contributed by atoms with van der Waals surface area (Å²) in [5, 5.41) is 6.35. The minimum absolute atomic E-state index is 0. The zero-order valence-electron chi connectivity index (χ0n) is 10.4. The van der Waals surface area contributed by atoms with E-state index >= 15 is 0 Å². The van der Waals surface area contributed by atoms with Crippen LogP contribution in [0.15, 0.2) is 0 Å². The lowest BCUT2D eigenvalue weighted by atomic mass is 10.0. The van der Waals surface area contributed by atoms with E-state index in [1.165, 1.54) is 0 Å². The minimum atomic E-state index is 0. The topological polar surface area (TPSA) is 50.4 Å². The maximum atomic E-state index is 11.9. The van der Waals surface area contributed by atoms with E-state index in [1.807, 2.05) is 0 Å². The van der Waals surface area contributed by atoms with Gasteiger partial charge in [0.15, 0.2) is 0 Å². The van der Waals surface area contributed by atoms with Gasteiger partial charge in [0.25, 0.3) is 0 Å². The van der Waals surface area contributed by atoms with Crippen LogP contribution in [-0.2, 0) is 9.53 Å². The smallest absolute Gasteiger partial charge is 0.237 e. The Morgan fingerprint density at radius 1 is 1.47 bits per heavy atom. The quantitative estimate of drug-likeness (QED) is 0.801. The predicted octanol–water partition coefficient (Wildman–Crippen LogP) is 1.23. The van der Waals surface area contributed by atoms with E-state index in [2.05, 4.69) is 17.6 Å². The number of nitrogens with one attached hydrogen (secondary N) is 2. The van der Waals surface area contributed by atoms with Crippen LogP contribution >= 0.6 is 12.4 Å². The minimum Gasteiger partial charge on any atom is -0.376 e. The Hall–Kier alpha value is -0.320. The molecule has 0 aromatic heterocycles. The van der Waals surface area contributed by atoms with Crippen LogP contribution in [0, 0.1) is 0 Å². The highest BCUT2D eigenvalue weighted by Crippen LogP contribution is 2.18. The van der Waals surface area contributed by atoms with Gasteiger partial charge in [-0.15, -0.1) is 12.4 Å². The van der Waals surface area contributed by atoms with Gasteiger partial charge in [0.2, 0.25) is 5.91 Å². The first-order valence-corrected chi connectivity index (χ1v) is 6.46. The molecule has 2 aliphatic rings. The molecule has 2 N–H and O–H groups in total. The molecule has 17 heavy (non-hydrogen) atoms. The van der Waals surface area contributed by atoms with Crippen LogP contribution < -0.4 is 10.6 Å². The van der Waals surface area contributed by atoms with Crippen molar-refractivity contribution in [1.82, 2.24) is 10.6 Å². The Balaban J connectivity index is 0.00000144. The molecule has 0 aromatic carbocycles. The monoisotopic (exact) mass is 262 g/mol. The van der Waals surface area contributed by atoms with Crippen LogP contribution in [0.1, 0.15) is 39.0 Å². The molecule has 0 bridgehead atoms. The number of halogens is 1. The summed E-state index contributed by atoms with van der Waals surface area (Å²) >= 11 is 0. The number of carbonyl (C=O) groups is 1. The third kappa shape index (κ3) is 3.83. The van der Waals surface area contributed by atoms with Crippen molar-refractivity contribution in [3.05, 3.63) is 0 Å². The van der Waals surface area contributed by atoms with Gasteiger partial charge in [-0.3, -0.25) is 4.79 Å². The van der Waals surface area contributed by atoms with Gasteiger partial charge in [-0.25, -0.2) is 0 Å². The Kier molecular flexibility index (Phi) is 6.23. The van der Waals surface area contributed by atoms with Crippen LogP contribution in [0.3, 0.4) is 0 Å². The molecule has 0 aliphatic carbocycles. The molecule has 0 spiro atoms. The normalized spacial score (nSPS) is 29.7. The Morgan fingerprint density at radius 3 is 2.82 bits per heavy atom. The Bertz CT molecular complexity index is 239. The van der Waals surface area contributed by atoms with Crippen molar-refractivity contribution in [3.8, 4) is 0 Å². The third-order valence-corrected chi connectivity index (χ3v) is 3.56. The van der Waals surface area contributed by atoms with Crippen molar-refractivity contribution in [2.45, 2.75) is 57.2 Å². The summed E-state index contributed by atoms with van der Waals surface area (Å²) in [5.74, 6) is 0.153. The molecule has 0 saturated carbocycles. The lowest BCUT2D eigenvalue weighted by molar-refractivity contribution is -0.124. The summed E-state index contributed by atoms with van der Waals surface area (Å²) in [7, 11) is 0. The molecule has 3 atom stereocenters. The number of amides is 1. The average molecular weight is 263 g/mol. The van der Waals surface area contributed by atoms with Gasteiger partial charge < -0.3 is 15.4 Å². The highest BCUT2D eigenvalue weighted by atomic mass is 35.5. The van der Waals surface area contributed by atoms with Crippen molar-refractivity contribution in [2.24, 2.45) is 0 Å². The van der Waals surface area contributed by atoms with Gasteiger partial charge in [0.05, 0.1) is 18.2 Å². The number of carbonyl (C=O) groups excluding carboxylic acids is 1. The molecule has 4 nitrogen and oxygen atoms in total. The number of ether oxygens (including phenoxy) is 1. The molecule has 2 fully saturated rings. The largest absolute Gasteiger partial charge is 0.376 e. The maximum Gasteiger partial charge on any atom is 0.237 e. The molecule has 0 aromatic rings. The molecule has 2 heterocycles. The SMILES string of the molecule is CCC(NC(=O)C1CCCN1)C1CCCO1.Cl. The molecule has 2 saturated heterocycles. The second kappa shape index (κ2) is 7.19. The van der Waals surface area contributed by atoms with Gasteiger partial charge in [0.1, 0.15) is 0 Å². The van der Waals surface area contributed by atoms with E-state index in [1.54, 1.807) is 0 Å². The predicted molar refractivity (Wildman–Crippen MR) is 69.5 cm³/mol. The van der Waals surface area contributed by atoms with E-state index in [0.29, 0.717) is 0 Å². The fourth-order valence-electron chi connectivity index (χ4n) is 2.57. The van der Waals surface area contributed by atoms with E-state index in [0.717, 1.165) is 45.3 Å². The van der Waals surface area contributed by atoms with Crippen molar-refractivity contribution in [2.75, 3.05) is 13.2 Å². The molecule has 1 amide bonds. The molecule has 2 aliphatic heterocycles. The summed E-state index contributed by atoms with van der Waals surface area (Å²) < 4.78 is 5.63. The average Bonchev–Trinajstić information content (AvgIpc) is 2.96. The zero-order valence-corrected chi connectivity index (χ0v) is 11.2. The molecular formula is C12H23ClN2O2. The second-order valence-corrected chi connectivity index (χ2v) is 4.72. The van der Waals surface area contributed by atoms with Crippen molar-refractivity contribution >= 4 is 18.3 Å². The van der Waals surface area contributed by atoms with Gasteiger partial charge in [-0.05, 0) is 38.6 Å². The molecular weight excluding hydrogens is 240 g/mol.